The van der Waals surface area contributed by atoms with E-state index in [2.05, 4.69) is 0 Å². The first-order valence-corrected chi connectivity index (χ1v) is 11.8. The maximum Gasteiger partial charge on any atom is 0.254 e. The van der Waals surface area contributed by atoms with Crippen LogP contribution in [0.3, 0.4) is 0 Å². The first kappa shape index (κ1) is 23.6. The van der Waals surface area contributed by atoms with Gasteiger partial charge in [0.15, 0.2) is 0 Å². The smallest absolute Gasteiger partial charge is 0.254 e. The van der Waals surface area contributed by atoms with E-state index in [1.807, 2.05) is 79.5 Å². The van der Waals surface area contributed by atoms with Gasteiger partial charge in [0.05, 0.1) is 19.6 Å². The number of ether oxygens (including phenoxy) is 2. The van der Waals surface area contributed by atoms with Crippen LogP contribution in [0, 0.1) is 5.92 Å². The van der Waals surface area contributed by atoms with Crippen molar-refractivity contribution >= 4 is 22.6 Å². The number of carbonyl (C=O) groups is 2. The molecule has 3 aromatic carbocycles. The highest BCUT2D eigenvalue weighted by Crippen LogP contribution is 2.30. The fraction of sp³-hybridized carbons (Fsp3) is 0.357. The molecule has 0 spiro atoms. The molecule has 0 aliphatic carbocycles. The molecule has 6 heteroatoms. The third-order valence-corrected chi connectivity index (χ3v) is 6.42. The summed E-state index contributed by atoms with van der Waals surface area (Å²) in [4.78, 5) is 30.3. The molecule has 1 fully saturated rings. The number of benzene rings is 3. The molecule has 1 aliphatic rings. The Balaban J connectivity index is 1.45. The topological polar surface area (TPSA) is 59.1 Å². The molecular weight excluding hydrogens is 428 g/mol. The van der Waals surface area contributed by atoms with Crippen LogP contribution in [0.1, 0.15) is 35.7 Å². The lowest BCUT2D eigenvalue weighted by Crippen LogP contribution is -2.45. The van der Waals surface area contributed by atoms with Gasteiger partial charge in [-0.3, -0.25) is 9.59 Å². The van der Waals surface area contributed by atoms with Crippen LogP contribution in [0.5, 0.6) is 11.5 Å². The zero-order valence-corrected chi connectivity index (χ0v) is 20.1. The molecule has 0 unspecified atom stereocenters. The normalized spacial score (nSPS) is 15.7. The highest BCUT2D eigenvalue weighted by atomic mass is 16.5. The summed E-state index contributed by atoms with van der Waals surface area (Å²) in [5, 5.41) is 1.78. The van der Waals surface area contributed by atoms with Crippen molar-refractivity contribution in [3.05, 3.63) is 71.8 Å². The Labute approximate surface area is 201 Å². The summed E-state index contributed by atoms with van der Waals surface area (Å²) >= 11 is 0. The Morgan fingerprint density at radius 3 is 2.47 bits per heavy atom. The van der Waals surface area contributed by atoms with Crippen molar-refractivity contribution < 1.29 is 19.1 Å². The van der Waals surface area contributed by atoms with Gasteiger partial charge >= 0.3 is 0 Å². The Morgan fingerprint density at radius 1 is 1.03 bits per heavy atom. The predicted octanol–water partition coefficient (Wildman–Crippen LogP) is 4.76. The van der Waals surface area contributed by atoms with Crippen LogP contribution in [-0.2, 0) is 11.3 Å². The summed E-state index contributed by atoms with van der Waals surface area (Å²) in [5.74, 6) is 1.41. The van der Waals surface area contributed by atoms with E-state index >= 15 is 0 Å². The van der Waals surface area contributed by atoms with Crippen molar-refractivity contribution in [3.63, 3.8) is 0 Å². The molecule has 3 aromatic rings. The molecule has 178 valence electrons. The second kappa shape index (κ2) is 10.6. The summed E-state index contributed by atoms with van der Waals surface area (Å²) in [6.45, 7) is 4.20. The molecule has 6 nitrogen and oxygen atoms in total. The van der Waals surface area contributed by atoms with Gasteiger partial charge in [-0.05, 0) is 55.0 Å². The number of fused-ring (bicyclic) bond motifs is 1. The number of methoxy groups -OCH3 is 1. The summed E-state index contributed by atoms with van der Waals surface area (Å²) in [6.07, 6.45) is 1.60. The summed E-state index contributed by atoms with van der Waals surface area (Å²) in [6, 6.07) is 19.3. The number of amides is 2. The molecule has 1 heterocycles. The number of rotatable bonds is 7. The number of nitrogens with zero attached hydrogens (tertiary/aromatic N) is 2. The van der Waals surface area contributed by atoms with Gasteiger partial charge in [-0.1, -0.05) is 36.4 Å². The largest absolute Gasteiger partial charge is 0.496 e. The highest BCUT2D eigenvalue weighted by molar-refractivity contribution is 6.08. The van der Waals surface area contributed by atoms with Crippen molar-refractivity contribution in [3.8, 4) is 11.5 Å². The molecular formula is C28H32N2O4. The Bertz CT molecular complexity index is 1160. The molecule has 0 bridgehead atoms. The first-order chi connectivity index (χ1) is 16.5. The molecule has 34 heavy (non-hydrogen) atoms. The van der Waals surface area contributed by atoms with Gasteiger partial charge in [-0.25, -0.2) is 0 Å². The van der Waals surface area contributed by atoms with Gasteiger partial charge < -0.3 is 19.3 Å². The molecule has 0 radical (unpaired) electrons. The Hall–Kier alpha value is -3.54. The average Bonchev–Trinajstić information content (AvgIpc) is 2.88. The van der Waals surface area contributed by atoms with Crippen molar-refractivity contribution in [2.45, 2.75) is 26.3 Å². The van der Waals surface area contributed by atoms with Crippen LogP contribution in [0.15, 0.2) is 60.7 Å². The van der Waals surface area contributed by atoms with E-state index in [1.54, 1.807) is 12.0 Å². The molecule has 0 N–H and O–H groups in total. The van der Waals surface area contributed by atoms with E-state index in [0.29, 0.717) is 31.8 Å². The molecule has 0 saturated carbocycles. The van der Waals surface area contributed by atoms with Crippen molar-refractivity contribution in [1.82, 2.24) is 9.80 Å². The van der Waals surface area contributed by atoms with Gasteiger partial charge in [-0.15, -0.1) is 0 Å². The van der Waals surface area contributed by atoms with Gasteiger partial charge in [0.25, 0.3) is 5.91 Å². The highest BCUT2D eigenvalue weighted by Gasteiger charge is 2.31. The Kier molecular flexibility index (Phi) is 7.36. The second-order valence-electron chi connectivity index (χ2n) is 8.72. The van der Waals surface area contributed by atoms with E-state index in [0.717, 1.165) is 40.7 Å². The number of hydrogen-bond acceptors (Lipinski definition) is 4. The molecule has 1 aliphatic heterocycles. The molecule has 1 saturated heterocycles. The van der Waals surface area contributed by atoms with Gasteiger partial charge in [0.2, 0.25) is 5.91 Å². The number of hydrogen-bond donors (Lipinski definition) is 0. The number of carbonyl (C=O) groups excluding carboxylic acids is 2. The second-order valence-corrected chi connectivity index (χ2v) is 8.72. The van der Waals surface area contributed by atoms with Crippen LogP contribution in [0.4, 0.5) is 0 Å². The predicted molar refractivity (Wildman–Crippen MR) is 133 cm³/mol. The molecule has 2 amide bonds. The van der Waals surface area contributed by atoms with Crippen LogP contribution >= 0.6 is 0 Å². The van der Waals surface area contributed by atoms with Crippen LogP contribution in [0.25, 0.3) is 10.8 Å². The number of piperidine rings is 1. The van der Waals surface area contributed by atoms with Crippen LogP contribution in [-0.4, -0.2) is 55.5 Å². The van der Waals surface area contributed by atoms with E-state index in [-0.39, 0.29) is 17.7 Å². The minimum atomic E-state index is -0.199. The van der Waals surface area contributed by atoms with E-state index < -0.39 is 0 Å². The molecule has 1 atom stereocenters. The van der Waals surface area contributed by atoms with Crippen LogP contribution in [0.2, 0.25) is 0 Å². The third-order valence-electron chi connectivity index (χ3n) is 6.42. The Morgan fingerprint density at radius 2 is 1.76 bits per heavy atom. The third kappa shape index (κ3) is 5.01. The van der Waals surface area contributed by atoms with Gasteiger partial charge in [0.1, 0.15) is 11.5 Å². The van der Waals surface area contributed by atoms with E-state index in [9.17, 15) is 9.59 Å². The molecule has 0 aromatic heterocycles. The van der Waals surface area contributed by atoms with Gasteiger partial charge in [-0.2, -0.15) is 0 Å². The lowest BCUT2D eigenvalue weighted by Gasteiger charge is -2.34. The SMILES string of the molecule is CCOc1ccc(CN(C)C(=O)[C@@H]2CCCN(C(=O)c3ccc(OC)c4ccccc34)C2)cc1. The minimum absolute atomic E-state index is 0.0366. The summed E-state index contributed by atoms with van der Waals surface area (Å²) in [5.41, 5.74) is 1.69. The summed E-state index contributed by atoms with van der Waals surface area (Å²) in [7, 11) is 3.46. The van der Waals surface area contributed by atoms with E-state index in [4.69, 9.17) is 9.47 Å². The monoisotopic (exact) mass is 460 g/mol. The van der Waals surface area contributed by atoms with E-state index in [1.165, 1.54) is 0 Å². The van der Waals surface area contributed by atoms with Crippen molar-refractivity contribution in [2.24, 2.45) is 5.92 Å². The first-order valence-electron chi connectivity index (χ1n) is 11.8. The van der Waals surface area contributed by atoms with Crippen molar-refractivity contribution in [1.29, 1.82) is 0 Å². The fourth-order valence-corrected chi connectivity index (χ4v) is 4.69. The quantitative estimate of drug-likeness (QED) is 0.510. The maximum atomic E-state index is 13.5. The number of likely N-dealkylation sites (tertiary alicyclic amines) is 1. The van der Waals surface area contributed by atoms with Gasteiger partial charge in [0, 0.05) is 37.6 Å². The standard InChI is InChI=1S/C28H32N2O4/c1-4-34-22-13-11-20(12-14-22)18-29(2)27(31)21-8-7-17-30(19-21)28(32)25-15-16-26(33-3)24-10-6-5-9-23(24)25/h5-6,9-16,21H,4,7-8,17-19H2,1-3H3/t21-/m1/s1. The maximum absolute atomic E-state index is 13.5. The zero-order chi connectivity index (χ0) is 24.1. The van der Waals surface area contributed by atoms with Crippen molar-refractivity contribution in [2.75, 3.05) is 33.9 Å². The average molecular weight is 461 g/mol. The fourth-order valence-electron chi connectivity index (χ4n) is 4.69. The summed E-state index contributed by atoms with van der Waals surface area (Å²) < 4.78 is 11.0. The lowest BCUT2D eigenvalue weighted by molar-refractivity contribution is -0.136. The zero-order valence-electron chi connectivity index (χ0n) is 20.1. The lowest BCUT2D eigenvalue weighted by atomic mass is 9.95. The molecule has 4 rings (SSSR count). The van der Waals surface area contributed by atoms with Crippen LogP contribution < -0.4 is 9.47 Å². The minimum Gasteiger partial charge on any atom is -0.496 e.